The molecule has 1 aromatic heterocycles. The van der Waals surface area contributed by atoms with E-state index in [2.05, 4.69) is 16.0 Å². The Bertz CT molecular complexity index is 980. The van der Waals surface area contributed by atoms with Crippen LogP contribution in [0, 0.1) is 18.2 Å². The van der Waals surface area contributed by atoms with Crippen molar-refractivity contribution in [1.82, 2.24) is 10.2 Å². The van der Waals surface area contributed by atoms with Gasteiger partial charge in [0.2, 0.25) is 5.91 Å². The van der Waals surface area contributed by atoms with Gasteiger partial charge in [-0.15, -0.1) is 0 Å². The fourth-order valence-electron chi connectivity index (χ4n) is 3.93. The first-order chi connectivity index (χ1) is 14.7. The van der Waals surface area contributed by atoms with E-state index in [0.29, 0.717) is 17.0 Å². The number of aryl methyl sites for hydroxylation is 1. The number of hydrogen-bond acceptors (Lipinski definition) is 4. The third-order valence-electron chi connectivity index (χ3n) is 5.58. The molecule has 1 fully saturated rings. The topological polar surface area (TPSA) is 104 Å². The Morgan fingerprint density at radius 2 is 1.84 bits per heavy atom. The van der Waals surface area contributed by atoms with Crippen LogP contribution in [0.2, 0.25) is 0 Å². The maximum atomic E-state index is 14.2. The van der Waals surface area contributed by atoms with Crippen molar-refractivity contribution in [3.8, 4) is 0 Å². The summed E-state index contributed by atoms with van der Waals surface area (Å²) in [5.41, 5.74) is -0.0653. The number of halogens is 1. The Morgan fingerprint density at radius 3 is 2.45 bits per heavy atom. The molecule has 1 heterocycles. The average Bonchev–Trinajstić information content (AvgIpc) is 3.38. The molecule has 3 rings (SSSR count). The van der Waals surface area contributed by atoms with Crippen molar-refractivity contribution >= 4 is 29.2 Å². The molecule has 1 aliphatic rings. The van der Waals surface area contributed by atoms with Crippen LogP contribution in [-0.2, 0) is 4.79 Å². The molecule has 0 spiro atoms. The molecule has 1 aliphatic carbocycles. The molecule has 0 radical (unpaired) electrons. The first kappa shape index (κ1) is 22.3. The van der Waals surface area contributed by atoms with Crippen LogP contribution in [0.1, 0.15) is 41.8 Å². The van der Waals surface area contributed by atoms with Crippen molar-refractivity contribution in [2.45, 2.75) is 32.6 Å². The summed E-state index contributed by atoms with van der Waals surface area (Å²) >= 11 is 0. The van der Waals surface area contributed by atoms with Crippen LogP contribution in [0.15, 0.2) is 34.9 Å². The summed E-state index contributed by atoms with van der Waals surface area (Å²) in [5.74, 6) is -0.731. The summed E-state index contributed by atoms with van der Waals surface area (Å²) in [6, 6.07) is 4.86. The van der Waals surface area contributed by atoms with Gasteiger partial charge in [-0.05, 0) is 44.0 Å². The third-order valence-corrected chi connectivity index (χ3v) is 5.58. The summed E-state index contributed by atoms with van der Waals surface area (Å²) in [4.78, 5) is 38.9. The molecule has 0 bridgehead atoms. The molecule has 9 heteroatoms. The van der Waals surface area contributed by atoms with Gasteiger partial charge in [0.05, 0.1) is 22.9 Å². The highest BCUT2D eigenvalue weighted by molar-refractivity contribution is 6.05. The molecule has 8 nitrogen and oxygen atoms in total. The first-order valence-corrected chi connectivity index (χ1v) is 10.1. The number of amides is 4. The predicted molar refractivity (Wildman–Crippen MR) is 114 cm³/mol. The van der Waals surface area contributed by atoms with Crippen LogP contribution in [0.4, 0.5) is 20.6 Å². The van der Waals surface area contributed by atoms with Gasteiger partial charge in [0, 0.05) is 26.3 Å². The monoisotopic (exact) mass is 430 g/mol. The van der Waals surface area contributed by atoms with Crippen molar-refractivity contribution in [2.75, 3.05) is 31.3 Å². The van der Waals surface area contributed by atoms with E-state index in [4.69, 9.17) is 4.42 Å². The van der Waals surface area contributed by atoms with Crippen molar-refractivity contribution in [2.24, 2.45) is 5.41 Å². The Hall–Kier alpha value is -3.36. The van der Waals surface area contributed by atoms with Crippen molar-refractivity contribution in [3.63, 3.8) is 0 Å². The lowest BCUT2D eigenvalue weighted by Gasteiger charge is -2.30. The minimum Gasteiger partial charge on any atom is -0.469 e. The predicted octanol–water partition coefficient (Wildman–Crippen LogP) is 3.75. The molecular formula is C22H27FN4O4. The lowest BCUT2D eigenvalue weighted by molar-refractivity contribution is -0.138. The first-order valence-electron chi connectivity index (χ1n) is 10.1. The summed E-state index contributed by atoms with van der Waals surface area (Å²) in [6.07, 6.45) is 4.72. The molecule has 0 saturated heterocycles. The number of carbonyl (C=O) groups is 3. The number of furan rings is 1. The molecule has 1 saturated carbocycles. The second kappa shape index (κ2) is 9.20. The second-order valence-corrected chi connectivity index (χ2v) is 8.03. The molecule has 0 unspecified atom stereocenters. The van der Waals surface area contributed by atoms with Gasteiger partial charge in [-0.2, -0.15) is 0 Å². The Balaban J connectivity index is 1.64. The van der Waals surface area contributed by atoms with Crippen molar-refractivity contribution in [1.29, 1.82) is 0 Å². The van der Waals surface area contributed by atoms with Gasteiger partial charge in [0.25, 0.3) is 5.91 Å². The zero-order valence-corrected chi connectivity index (χ0v) is 17.9. The SMILES string of the molecule is Cc1occc1C(=O)Nc1cc(NC(=O)NCC2(C(=O)N(C)C)CCCC2)ccc1F. The zero-order chi connectivity index (χ0) is 22.6. The van der Waals surface area contributed by atoms with Gasteiger partial charge in [-0.3, -0.25) is 9.59 Å². The lowest BCUT2D eigenvalue weighted by atomic mass is 9.84. The molecule has 0 aliphatic heterocycles. The molecule has 0 atom stereocenters. The summed E-state index contributed by atoms with van der Waals surface area (Å²) in [7, 11) is 3.42. The number of rotatable bonds is 6. The van der Waals surface area contributed by atoms with Gasteiger partial charge in [0.1, 0.15) is 11.6 Å². The van der Waals surface area contributed by atoms with Crippen LogP contribution < -0.4 is 16.0 Å². The number of anilines is 2. The smallest absolute Gasteiger partial charge is 0.319 e. The van der Waals surface area contributed by atoms with Gasteiger partial charge in [0.15, 0.2) is 0 Å². The molecular weight excluding hydrogens is 403 g/mol. The highest BCUT2D eigenvalue weighted by atomic mass is 19.1. The van der Waals surface area contributed by atoms with Crippen LogP contribution in [0.5, 0.6) is 0 Å². The van der Waals surface area contributed by atoms with Crippen molar-refractivity contribution < 1.29 is 23.2 Å². The number of hydrogen-bond donors (Lipinski definition) is 3. The molecule has 2 aromatic rings. The van der Waals surface area contributed by atoms with E-state index in [1.807, 2.05) is 0 Å². The van der Waals surface area contributed by atoms with Gasteiger partial charge >= 0.3 is 6.03 Å². The Morgan fingerprint density at radius 1 is 1.13 bits per heavy atom. The number of nitrogens with one attached hydrogen (secondary N) is 3. The van der Waals surface area contributed by atoms with Gasteiger partial charge in [-0.25, -0.2) is 9.18 Å². The van der Waals surface area contributed by atoms with E-state index in [1.165, 1.54) is 24.5 Å². The van der Waals surface area contributed by atoms with Gasteiger partial charge < -0.3 is 25.3 Å². The van der Waals surface area contributed by atoms with E-state index in [0.717, 1.165) is 31.7 Å². The number of benzene rings is 1. The molecule has 1 aromatic carbocycles. The number of urea groups is 1. The van der Waals surface area contributed by atoms with E-state index in [-0.39, 0.29) is 18.1 Å². The molecule has 31 heavy (non-hydrogen) atoms. The third kappa shape index (κ3) is 5.04. The Kier molecular flexibility index (Phi) is 6.62. The zero-order valence-electron chi connectivity index (χ0n) is 17.9. The second-order valence-electron chi connectivity index (χ2n) is 8.03. The quantitative estimate of drug-likeness (QED) is 0.649. The fourth-order valence-corrected chi connectivity index (χ4v) is 3.93. The standard InChI is InChI=1S/C22H27FN4O4/c1-14-16(8-11-31-14)19(28)26-18-12-15(6-7-17(18)23)25-21(30)24-13-22(9-4-5-10-22)20(29)27(2)3/h6-8,11-12H,4-5,9-10,13H2,1-3H3,(H,26,28)(H2,24,25,30). The number of carbonyl (C=O) groups excluding carboxylic acids is 3. The summed E-state index contributed by atoms with van der Waals surface area (Å²) < 4.78 is 19.3. The Labute approximate surface area is 180 Å². The normalized spacial score (nSPS) is 14.7. The van der Waals surface area contributed by atoms with Crippen LogP contribution in [0.25, 0.3) is 0 Å². The maximum Gasteiger partial charge on any atom is 0.319 e. The van der Waals surface area contributed by atoms with Crippen molar-refractivity contribution in [3.05, 3.63) is 47.7 Å². The van der Waals surface area contributed by atoms with E-state index < -0.39 is 23.2 Å². The molecule has 166 valence electrons. The van der Waals surface area contributed by atoms with Crippen LogP contribution >= 0.6 is 0 Å². The highest BCUT2D eigenvalue weighted by Crippen LogP contribution is 2.39. The fraction of sp³-hybridized carbons (Fsp3) is 0.409. The minimum atomic E-state index is -0.637. The van der Waals surface area contributed by atoms with E-state index >= 15 is 0 Å². The summed E-state index contributed by atoms with van der Waals surface area (Å²) in [5, 5.41) is 7.87. The lowest BCUT2D eigenvalue weighted by Crippen LogP contribution is -2.47. The minimum absolute atomic E-state index is 0.00613. The number of nitrogens with zero attached hydrogens (tertiary/aromatic N) is 1. The van der Waals surface area contributed by atoms with E-state index in [1.54, 1.807) is 25.9 Å². The van der Waals surface area contributed by atoms with E-state index in [9.17, 15) is 18.8 Å². The average molecular weight is 430 g/mol. The highest BCUT2D eigenvalue weighted by Gasteiger charge is 2.42. The maximum absolute atomic E-state index is 14.2. The molecule has 4 amide bonds. The molecule has 3 N–H and O–H groups in total. The van der Waals surface area contributed by atoms with Crippen LogP contribution in [-0.4, -0.2) is 43.4 Å². The largest absolute Gasteiger partial charge is 0.469 e. The van der Waals surface area contributed by atoms with Gasteiger partial charge in [-0.1, -0.05) is 12.8 Å². The van der Waals surface area contributed by atoms with Crippen LogP contribution in [0.3, 0.4) is 0 Å². The summed E-state index contributed by atoms with van der Waals surface area (Å²) in [6.45, 7) is 1.85.